The third-order valence-electron chi connectivity index (χ3n) is 2.96. The fraction of sp³-hybridized carbons (Fsp3) is 0.125. The molecule has 0 aliphatic heterocycles. The second-order valence-electron chi connectivity index (χ2n) is 4.32. The van der Waals surface area contributed by atoms with Gasteiger partial charge in [0.05, 0.1) is 11.6 Å². The van der Waals surface area contributed by atoms with Crippen molar-refractivity contribution < 1.29 is 4.79 Å². The molecular formula is C16H14N2O. The normalized spacial score (nSPS) is 9.84. The first kappa shape index (κ1) is 12.8. The van der Waals surface area contributed by atoms with Crippen LogP contribution in [0.3, 0.4) is 0 Å². The first-order valence-electron chi connectivity index (χ1n) is 6.07. The van der Waals surface area contributed by atoms with Crippen molar-refractivity contribution in [2.24, 2.45) is 0 Å². The largest absolute Gasteiger partial charge is 0.398 e. The van der Waals surface area contributed by atoms with Gasteiger partial charge >= 0.3 is 0 Å². The molecule has 0 heterocycles. The maximum absolute atomic E-state index is 12.0. The Balaban J connectivity index is 2.05. The number of carbonyl (C=O) groups excluding carboxylic acids is 1. The quantitative estimate of drug-likeness (QED) is 0.670. The number of rotatable bonds is 4. The zero-order valence-electron chi connectivity index (χ0n) is 10.5. The van der Waals surface area contributed by atoms with Crippen LogP contribution < -0.4 is 5.73 Å². The summed E-state index contributed by atoms with van der Waals surface area (Å²) in [7, 11) is 0. The molecule has 2 rings (SSSR count). The molecule has 19 heavy (non-hydrogen) atoms. The number of nitriles is 1. The van der Waals surface area contributed by atoms with Crippen LogP contribution in [0.5, 0.6) is 0 Å². The van der Waals surface area contributed by atoms with Crippen LogP contribution in [-0.2, 0) is 6.42 Å². The van der Waals surface area contributed by atoms with Crippen LogP contribution in [0.4, 0.5) is 5.69 Å². The number of para-hydroxylation sites is 1. The summed E-state index contributed by atoms with van der Waals surface area (Å²) >= 11 is 0. The molecule has 0 atom stereocenters. The van der Waals surface area contributed by atoms with Crippen molar-refractivity contribution in [3.05, 3.63) is 65.2 Å². The van der Waals surface area contributed by atoms with Crippen LogP contribution >= 0.6 is 0 Å². The molecule has 0 saturated carbocycles. The van der Waals surface area contributed by atoms with Crippen LogP contribution in [0.1, 0.15) is 27.9 Å². The maximum atomic E-state index is 12.0. The number of carbonyl (C=O) groups is 1. The smallest absolute Gasteiger partial charge is 0.165 e. The Kier molecular flexibility index (Phi) is 3.94. The van der Waals surface area contributed by atoms with Crippen molar-refractivity contribution in [1.29, 1.82) is 5.26 Å². The highest BCUT2D eigenvalue weighted by atomic mass is 16.1. The Morgan fingerprint density at radius 3 is 2.68 bits per heavy atom. The van der Waals surface area contributed by atoms with Crippen molar-refractivity contribution in [2.45, 2.75) is 12.8 Å². The number of aryl methyl sites for hydroxylation is 1. The Morgan fingerprint density at radius 1 is 1.16 bits per heavy atom. The van der Waals surface area contributed by atoms with E-state index in [2.05, 4.69) is 6.07 Å². The van der Waals surface area contributed by atoms with Gasteiger partial charge in [-0.25, -0.2) is 0 Å². The molecule has 2 N–H and O–H groups in total. The highest BCUT2D eigenvalue weighted by Gasteiger charge is 2.09. The zero-order chi connectivity index (χ0) is 13.7. The van der Waals surface area contributed by atoms with Gasteiger partial charge in [-0.15, -0.1) is 0 Å². The number of nitrogen functional groups attached to an aromatic ring is 1. The molecule has 0 spiro atoms. The summed E-state index contributed by atoms with van der Waals surface area (Å²) in [6.07, 6.45) is 1.01. The van der Waals surface area contributed by atoms with Crippen molar-refractivity contribution >= 4 is 11.5 Å². The van der Waals surface area contributed by atoms with Crippen LogP contribution in [0.25, 0.3) is 0 Å². The second-order valence-corrected chi connectivity index (χ2v) is 4.32. The Morgan fingerprint density at radius 2 is 1.95 bits per heavy atom. The zero-order valence-corrected chi connectivity index (χ0v) is 10.5. The number of benzene rings is 2. The standard InChI is InChI=1S/C16H14N2O/c17-11-13-5-3-4-12(10-13)8-9-16(19)14-6-1-2-7-15(14)18/h1-7,10H,8-9,18H2. The minimum absolute atomic E-state index is 0.0282. The third-order valence-corrected chi connectivity index (χ3v) is 2.96. The molecule has 0 aromatic heterocycles. The number of ketones is 1. The summed E-state index contributed by atoms with van der Waals surface area (Å²) in [4.78, 5) is 12.0. The van der Waals surface area contributed by atoms with Crippen molar-refractivity contribution in [3.63, 3.8) is 0 Å². The van der Waals surface area contributed by atoms with E-state index in [4.69, 9.17) is 11.0 Å². The van der Waals surface area contributed by atoms with Crippen LogP contribution in [0.15, 0.2) is 48.5 Å². The van der Waals surface area contributed by atoms with Gasteiger partial charge in [0.2, 0.25) is 0 Å². The van der Waals surface area contributed by atoms with Crippen molar-refractivity contribution in [2.75, 3.05) is 5.73 Å². The van der Waals surface area contributed by atoms with E-state index >= 15 is 0 Å². The predicted molar refractivity (Wildman–Crippen MR) is 74.7 cm³/mol. The fourth-order valence-electron chi connectivity index (χ4n) is 1.94. The second kappa shape index (κ2) is 5.83. The lowest BCUT2D eigenvalue weighted by atomic mass is 10.0. The summed E-state index contributed by atoms with van der Waals surface area (Å²) in [5.74, 6) is 0.0282. The van der Waals surface area contributed by atoms with Gasteiger partial charge in [-0.3, -0.25) is 4.79 Å². The molecule has 2 aromatic carbocycles. The van der Waals surface area contributed by atoms with E-state index in [0.717, 1.165) is 5.56 Å². The molecular weight excluding hydrogens is 236 g/mol. The lowest BCUT2D eigenvalue weighted by Gasteiger charge is -2.05. The number of nitrogens with two attached hydrogens (primary N) is 1. The van der Waals surface area contributed by atoms with E-state index in [1.54, 1.807) is 24.3 Å². The summed E-state index contributed by atoms with van der Waals surface area (Å²) < 4.78 is 0. The van der Waals surface area contributed by atoms with E-state index in [0.29, 0.717) is 29.7 Å². The third kappa shape index (κ3) is 3.20. The molecule has 0 aliphatic carbocycles. The van der Waals surface area contributed by atoms with Gasteiger partial charge < -0.3 is 5.73 Å². The summed E-state index contributed by atoms with van der Waals surface area (Å²) in [5.41, 5.74) is 8.46. The fourth-order valence-corrected chi connectivity index (χ4v) is 1.94. The molecule has 0 radical (unpaired) electrons. The SMILES string of the molecule is N#Cc1cccc(CCC(=O)c2ccccc2N)c1. The predicted octanol–water partition coefficient (Wildman–Crippen LogP) is 2.96. The van der Waals surface area contributed by atoms with Crippen LogP contribution in [-0.4, -0.2) is 5.78 Å². The van der Waals surface area contributed by atoms with Crippen molar-refractivity contribution in [3.8, 4) is 6.07 Å². The molecule has 0 aliphatic rings. The Labute approximate surface area is 112 Å². The molecule has 94 valence electrons. The monoisotopic (exact) mass is 250 g/mol. The van der Waals surface area contributed by atoms with E-state index in [9.17, 15) is 4.79 Å². The Hall–Kier alpha value is -2.60. The van der Waals surface area contributed by atoms with Crippen molar-refractivity contribution in [1.82, 2.24) is 0 Å². The van der Waals surface area contributed by atoms with Gasteiger partial charge in [0.15, 0.2) is 5.78 Å². The number of nitrogens with zero attached hydrogens (tertiary/aromatic N) is 1. The Bertz CT molecular complexity index is 641. The summed E-state index contributed by atoms with van der Waals surface area (Å²) in [6.45, 7) is 0. The van der Waals surface area contributed by atoms with Gasteiger partial charge in [0, 0.05) is 17.7 Å². The molecule has 0 amide bonds. The lowest BCUT2D eigenvalue weighted by Crippen LogP contribution is -2.04. The highest BCUT2D eigenvalue weighted by molar-refractivity contribution is 6.00. The molecule has 0 bridgehead atoms. The van der Waals surface area contributed by atoms with E-state index < -0.39 is 0 Å². The molecule has 2 aromatic rings. The molecule has 0 fully saturated rings. The van der Waals surface area contributed by atoms with E-state index in [1.165, 1.54) is 0 Å². The summed E-state index contributed by atoms with van der Waals surface area (Å²) in [5, 5.41) is 8.82. The average molecular weight is 250 g/mol. The minimum atomic E-state index is 0.0282. The van der Waals surface area contributed by atoms with Crippen LogP contribution in [0.2, 0.25) is 0 Å². The molecule has 3 heteroatoms. The van der Waals surface area contributed by atoms with Crippen LogP contribution in [0, 0.1) is 11.3 Å². The van der Waals surface area contributed by atoms with Gasteiger partial charge in [0.25, 0.3) is 0 Å². The average Bonchev–Trinajstić information content (AvgIpc) is 2.45. The van der Waals surface area contributed by atoms with Gasteiger partial charge in [0.1, 0.15) is 0 Å². The number of hydrogen-bond donors (Lipinski definition) is 1. The number of anilines is 1. The van der Waals surface area contributed by atoms with Gasteiger partial charge in [-0.2, -0.15) is 5.26 Å². The molecule has 0 unspecified atom stereocenters. The van der Waals surface area contributed by atoms with Gasteiger partial charge in [-0.05, 0) is 36.2 Å². The van der Waals surface area contributed by atoms with Gasteiger partial charge in [-0.1, -0.05) is 24.3 Å². The maximum Gasteiger partial charge on any atom is 0.165 e. The van der Waals surface area contributed by atoms with E-state index in [1.807, 2.05) is 24.3 Å². The minimum Gasteiger partial charge on any atom is -0.398 e. The lowest BCUT2D eigenvalue weighted by molar-refractivity contribution is 0.0983. The molecule has 3 nitrogen and oxygen atoms in total. The first-order valence-corrected chi connectivity index (χ1v) is 6.07. The molecule has 0 saturated heterocycles. The first-order chi connectivity index (χ1) is 9.20. The number of hydrogen-bond acceptors (Lipinski definition) is 3. The highest BCUT2D eigenvalue weighted by Crippen LogP contribution is 2.15. The van der Waals surface area contributed by atoms with E-state index in [-0.39, 0.29) is 5.78 Å². The number of Topliss-reactive ketones (excluding diaryl/α,β-unsaturated/α-hetero) is 1. The summed E-state index contributed by atoms with van der Waals surface area (Å²) in [6, 6.07) is 16.5. The topological polar surface area (TPSA) is 66.9 Å².